The molecule has 0 aliphatic carbocycles. The molecule has 112 valence electrons. The molecular weight excluding hydrogens is 332 g/mol. The molecule has 0 amide bonds. The number of carboxylic acids is 1. The Balaban J connectivity index is 2.34. The normalized spacial score (nSPS) is 13.3. The van der Waals surface area contributed by atoms with Crippen LogP contribution < -0.4 is 0 Å². The first-order valence-corrected chi connectivity index (χ1v) is 7.66. The maximum atomic E-state index is 10.9. The molecule has 0 heterocycles. The lowest BCUT2D eigenvalue weighted by Crippen LogP contribution is -2.20. The lowest BCUT2D eigenvalue weighted by atomic mass is 9.81. The second kappa shape index (κ2) is 6.16. The van der Waals surface area contributed by atoms with Crippen LogP contribution in [0.3, 0.4) is 0 Å². The van der Waals surface area contributed by atoms with Gasteiger partial charge in [-0.2, -0.15) is 0 Å². The van der Waals surface area contributed by atoms with Gasteiger partial charge in [-0.1, -0.05) is 60.1 Å². The molecule has 0 bridgehead atoms. The van der Waals surface area contributed by atoms with Crippen molar-refractivity contribution in [3.05, 3.63) is 46.4 Å². The number of rotatable bonds is 5. The fourth-order valence-corrected chi connectivity index (χ4v) is 3.17. The van der Waals surface area contributed by atoms with Crippen LogP contribution in [0, 0.1) is 5.41 Å². The van der Waals surface area contributed by atoms with E-state index in [0.717, 1.165) is 20.8 Å². The Hall–Kier alpha value is -1.39. The van der Waals surface area contributed by atoms with E-state index >= 15 is 0 Å². The van der Waals surface area contributed by atoms with Crippen LogP contribution in [0.2, 0.25) is 0 Å². The molecule has 1 atom stereocenters. The van der Waals surface area contributed by atoms with Gasteiger partial charge >= 0.3 is 5.97 Å². The first-order valence-electron chi connectivity index (χ1n) is 6.87. The highest BCUT2D eigenvalue weighted by Crippen LogP contribution is 2.37. The molecule has 0 fully saturated rings. The number of aliphatic hydroxyl groups excluding tert-OH is 1. The van der Waals surface area contributed by atoms with E-state index in [9.17, 15) is 9.90 Å². The Labute approximate surface area is 132 Å². The maximum Gasteiger partial charge on any atom is 0.303 e. The van der Waals surface area contributed by atoms with Crippen molar-refractivity contribution in [1.29, 1.82) is 0 Å². The molecule has 0 aliphatic rings. The van der Waals surface area contributed by atoms with Crippen molar-refractivity contribution in [2.45, 2.75) is 32.8 Å². The van der Waals surface area contributed by atoms with Crippen molar-refractivity contribution in [2.75, 3.05) is 0 Å². The van der Waals surface area contributed by atoms with Crippen LogP contribution in [0.15, 0.2) is 40.9 Å². The van der Waals surface area contributed by atoms with Crippen LogP contribution in [-0.4, -0.2) is 16.2 Å². The lowest BCUT2D eigenvalue weighted by Gasteiger charge is -2.26. The average molecular weight is 351 g/mol. The van der Waals surface area contributed by atoms with Gasteiger partial charge in [0.05, 0.1) is 12.5 Å². The van der Waals surface area contributed by atoms with Gasteiger partial charge in [0.25, 0.3) is 0 Å². The van der Waals surface area contributed by atoms with Gasteiger partial charge in [0.1, 0.15) is 0 Å². The van der Waals surface area contributed by atoms with Gasteiger partial charge in [0.2, 0.25) is 0 Å². The van der Waals surface area contributed by atoms with Crippen molar-refractivity contribution in [3.8, 4) is 0 Å². The molecular formula is C17H19BrO3. The fourth-order valence-electron chi connectivity index (χ4n) is 2.69. The number of hydrogen-bond donors (Lipinski definition) is 2. The number of halogens is 1. The highest BCUT2D eigenvalue weighted by molar-refractivity contribution is 9.10. The molecule has 2 N–H and O–H groups in total. The zero-order valence-electron chi connectivity index (χ0n) is 12.1. The quantitative estimate of drug-likeness (QED) is 0.832. The molecule has 4 heteroatoms. The second-order valence-corrected chi connectivity index (χ2v) is 6.99. The third-order valence-corrected chi connectivity index (χ3v) is 4.33. The van der Waals surface area contributed by atoms with E-state index in [2.05, 4.69) is 15.9 Å². The van der Waals surface area contributed by atoms with Gasteiger partial charge in [-0.05, 0) is 34.2 Å². The molecule has 1 unspecified atom stereocenters. The molecule has 2 aromatic rings. The monoisotopic (exact) mass is 350 g/mol. The standard InChI is InChI=1S/C17H19BrO3/c1-17(2,10-16(20)21)9-15(19)13-7-8-14(18)12-6-4-3-5-11(12)13/h3-8,15,19H,9-10H2,1-2H3,(H,20,21). The van der Waals surface area contributed by atoms with Crippen molar-refractivity contribution in [1.82, 2.24) is 0 Å². The van der Waals surface area contributed by atoms with Gasteiger partial charge in [0, 0.05) is 4.47 Å². The number of hydrogen-bond acceptors (Lipinski definition) is 2. The highest BCUT2D eigenvalue weighted by atomic mass is 79.9. The Kier molecular flexibility index (Phi) is 4.69. The minimum absolute atomic E-state index is 0.0402. The van der Waals surface area contributed by atoms with Crippen molar-refractivity contribution in [3.63, 3.8) is 0 Å². The fraction of sp³-hybridized carbons (Fsp3) is 0.353. The SMILES string of the molecule is CC(C)(CC(=O)O)CC(O)c1ccc(Br)c2ccccc12. The van der Waals surface area contributed by atoms with Crippen LogP contribution in [0.5, 0.6) is 0 Å². The van der Waals surface area contributed by atoms with Crippen LogP contribution >= 0.6 is 15.9 Å². The van der Waals surface area contributed by atoms with Crippen molar-refractivity contribution in [2.24, 2.45) is 5.41 Å². The predicted octanol–water partition coefficient (Wildman–Crippen LogP) is 4.53. The number of benzene rings is 2. The third-order valence-electron chi connectivity index (χ3n) is 3.64. The maximum absolute atomic E-state index is 10.9. The smallest absolute Gasteiger partial charge is 0.303 e. The molecule has 0 aromatic heterocycles. The zero-order chi connectivity index (χ0) is 15.6. The molecule has 3 nitrogen and oxygen atoms in total. The van der Waals surface area contributed by atoms with Gasteiger partial charge in [0.15, 0.2) is 0 Å². The van der Waals surface area contributed by atoms with E-state index in [4.69, 9.17) is 5.11 Å². The van der Waals surface area contributed by atoms with Gasteiger partial charge < -0.3 is 10.2 Å². The number of aliphatic hydroxyl groups is 1. The average Bonchev–Trinajstić information content (AvgIpc) is 2.37. The van der Waals surface area contributed by atoms with Gasteiger partial charge in [-0.25, -0.2) is 0 Å². The number of aliphatic carboxylic acids is 1. The number of carbonyl (C=O) groups is 1. The number of fused-ring (bicyclic) bond motifs is 1. The van der Waals surface area contributed by atoms with E-state index in [1.165, 1.54) is 0 Å². The van der Waals surface area contributed by atoms with Crippen LogP contribution in [-0.2, 0) is 4.79 Å². The summed E-state index contributed by atoms with van der Waals surface area (Å²) in [6.07, 6.45) is -0.235. The molecule has 0 radical (unpaired) electrons. The first kappa shape index (κ1) is 16.0. The third kappa shape index (κ3) is 3.83. The van der Waals surface area contributed by atoms with E-state index in [0.29, 0.717) is 6.42 Å². The molecule has 2 aromatic carbocycles. The molecule has 0 aliphatic heterocycles. The summed E-state index contributed by atoms with van der Waals surface area (Å²) in [5.74, 6) is -0.840. The molecule has 0 saturated carbocycles. The molecule has 0 spiro atoms. The molecule has 0 saturated heterocycles. The predicted molar refractivity (Wildman–Crippen MR) is 87.3 cm³/mol. The summed E-state index contributed by atoms with van der Waals surface area (Å²) in [4.78, 5) is 10.9. The van der Waals surface area contributed by atoms with Crippen LogP contribution in [0.25, 0.3) is 10.8 Å². The summed E-state index contributed by atoms with van der Waals surface area (Å²) in [5, 5.41) is 21.5. The molecule has 21 heavy (non-hydrogen) atoms. The van der Waals surface area contributed by atoms with E-state index < -0.39 is 17.5 Å². The minimum Gasteiger partial charge on any atom is -0.481 e. The minimum atomic E-state index is -0.840. The summed E-state index contributed by atoms with van der Waals surface area (Å²) in [6, 6.07) is 11.7. The van der Waals surface area contributed by atoms with Gasteiger partial charge in [-0.3, -0.25) is 4.79 Å². The van der Waals surface area contributed by atoms with Crippen LogP contribution in [0.1, 0.15) is 38.4 Å². The lowest BCUT2D eigenvalue weighted by molar-refractivity contribution is -0.139. The summed E-state index contributed by atoms with van der Waals surface area (Å²) >= 11 is 3.51. The Bertz CT molecular complexity index is 664. The highest BCUT2D eigenvalue weighted by Gasteiger charge is 2.26. The zero-order valence-corrected chi connectivity index (χ0v) is 13.7. The van der Waals surface area contributed by atoms with Crippen molar-refractivity contribution < 1.29 is 15.0 Å². The largest absolute Gasteiger partial charge is 0.481 e. The van der Waals surface area contributed by atoms with Gasteiger partial charge in [-0.15, -0.1) is 0 Å². The Morgan fingerprint density at radius 2 is 1.81 bits per heavy atom. The number of carboxylic acid groups (broad SMARTS) is 1. The Morgan fingerprint density at radius 3 is 2.43 bits per heavy atom. The summed E-state index contributed by atoms with van der Waals surface area (Å²) in [5.41, 5.74) is 0.381. The van der Waals surface area contributed by atoms with E-state index in [1.807, 2.05) is 50.2 Å². The van der Waals surface area contributed by atoms with E-state index in [1.54, 1.807) is 0 Å². The summed E-state index contributed by atoms with van der Waals surface area (Å²) in [7, 11) is 0. The van der Waals surface area contributed by atoms with Crippen LogP contribution in [0.4, 0.5) is 0 Å². The first-order chi connectivity index (χ1) is 9.80. The Morgan fingerprint density at radius 1 is 1.19 bits per heavy atom. The van der Waals surface area contributed by atoms with Crippen molar-refractivity contribution >= 4 is 32.7 Å². The molecule has 2 rings (SSSR count). The summed E-state index contributed by atoms with van der Waals surface area (Å²) < 4.78 is 0.985. The topological polar surface area (TPSA) is 57.5 Å². The summed E-state index contributed by atoms with van der Waals surface area (Å²) in [6.45, 7) is 3.73. The second-order valence-electron chi connectivity index (χ2n) is 6.14. The van der Waals surface area contributed by atoms with E-state index in [-0.39, 0.29) is 6.42 Å².